The van der Waals surface area contributed by atoms with Crippen LogP contribution in [-0.2, 0) is 12.8 Å². The molecule has 0 radical (unpaired) electrons. The van der Waals surface area contributed by atoms with Crippen molar-refractivity contribution in [3.63, 3.8) is 0 Å². The van der Waals surface area contributed by atoms with E-state index in [2.05, 4.69) is 24.0 Å². The fourth-order valence-electron chi connectivity index (χ4n) is 2.82. The molecule has 1 N–H and O–H groups in total. The van der Waals surface area contributed by atoms with Gasteiger partial charge >= 0.3 is 0 Å². The van der Waals surface area contributed by atoms with E-state index in [1.807, 2.05) is 10.6 Å². The zero-order valence-electron chi connectivity index (χ0n) is 11.6. The molecule has 0 fully saturated rings. The summed E-state index contributed by atoms with van der Waals surface area (Å²) < 4.78 is 7.22. The van der Waals surface area contributed by atoms with Crippen molar-refractivity contribution in [3.8, 4) is 11.5 Å². The number of hydrogen-bond donors (Lipinski definition) is 1. The number of nitrogens with one attached hydrogen (secondary N) is 1. The van der Waals surface area contributed by atoms with E-state index in [4.69, 9.17) is 16.6 Å². The van der Waals surface area contributed by atoms with Crippen LogP contribution in [0.25, 0.3) is 11.5 Å². The highest BCUT2D eigenvalue weighted by Gasteiger charge is 2.23. The van der Waals surface area contributed by atoms with Crippen LogP contribution in [-0.4, -0.2) is 14.8 Å². The number of aryl methyl sites for hydroxylation is 1. The van der Waals surface area contributed by atoms with Gasteiger partial charge in [-0.1, -0.05) is 6.92 Å². The van der Waals surface area contributed by atoms with Crippen LogP contribution in [0.15, 0.2) is 15.3 Å². The van der Waals surface area contributed by atoms with Gasteiger partial charge in [0.2, 0.25) is 0 Å². The fourth-order valence-corrected chi connectivity index (χ4v) is 2.94. The summed E-state index contributed by atoms with van der Waals surface area (Å²) in [4.78, 5) is 12.9. The largest absolute Gasteiger partial charge is 0.409 e. The second-order valence-electron chi connectivity index (χ2n) is 5.23. The Balaban J connectivity index is 2.27. The van der Waals surface area contributed by atoms with E-state index in [0.29, 0.717) is 5.56 Å². The van der Waals surface area contributed by atoms with Crippen molar-refractivity contribution in [2.45, 2.75) is 45.6 Å². The third-order valence-corrected chi connectivity index (χ3v) is 4.16. The van der Waals surface area contributed by atoms with Crippen LogP contribution in [0.4, 0.5) is 0 Å². The molecule has 3 rings (SSSR count). The molecule has 0 amide bonds. The summed E-state index contributed by atoms with van der Waals surface area (Å²) in [6, 6.07) is 2.09. The normalized spacial score (nSPS) is 15.3. The van der Waals surface area contributed by atoms with E-state index in [0.717, 1.165) is 25.7 Å². The van der Waals surface area contributed by atoms with E-state index >= 15 is 0 Å². The van der Waals surface area contributed by atoms with Gasteiger partial charge in [0.05, 0.1) is 0 Å². The van der Waals surface area contributed by atoms with Crippen LogP contribution in [0.2, 0.25) is 0 Å². The van der Waals surface area contributed by atoms with Gasteiger partial charge in [0, 0.05) is 11.7 Å². The second-order valence-corrected chi connectivity index (χ2v) is 5.60. The van der Waals surface area contributed by atoms with Crippen LogP contribution in [0.5, 0.6) is 0 Å². The van der Waals surface area contributed by atoms with Gasteiger partial charge < -0.3 is 8.98 Å². The van der Waals surface area contributed by atoms with Crippen molar-refractivity contribution in [1.82, 2.24) is 14.8 Å². The highest BCUT2D eigenvalue weighted by molar-refractivity contribution is 7.71. The van der Waals surface area contributed by atoms with Crippen LogP contribution in [0, 0.1) is 4.84 Å². The Morgan fingerprint density at radius 1 is 1.55 bits per heavy atom. The Bertz CT molecular complexity index is 757. The molecule has 2 heterocycles. The van der Waals surface area contributed by atoms with Gasteiger partial charge in [-0.3, -0.25) is 4.79 Å². The molecule has 6 heteroatoms. The molecule has 0 bridgehead atoms. The molecule has 1 aliphatic rings. The van der Waals surface area contributed by atoms with E-state index in [1.54, 1.807) is 0 Å². The van der Waals surface area contributed by atoms with Gasteiger partial charge in [0.1, 0.15) is 5.56 Å². The first-order valence-electron chi connectivity index (χ1n) is 6.95. The molecule has 5 nitrogen and oxygen atoms in total. The number of hydrogen-bond acceptors (Lipinski definition) is 4. The molecule has 0 saturated carbocycles. The summed E-state index contributed by atoms with van der Waals surface area (Å²) in [6.45, 7) is 4.16. The first-order chi connectivity index (χ1) is 9.61. The number of pyridine rings is 1. The van der Waals surface area contributed by atoms with Gasteiger partial charge in [-0.2, -0.15) is 0 Å². The van der Waals surface area contributed by atoms with Crippen LogP contribution >= 0.6 is 12.2 Å². The van der Waals surface area contributed by atoms with E-state index < -0.39 is 0 Å². The Kier molecular flexibility index (Phi) is 3.33. The lowest BCUT2D eigenvalue weighted by molar-refractivity contribution is 0.494. The van der Waals surface area contributed by atoms with Crippen molar-refractivity contribution >= 4 is 12.2 Å². The number of fused-ring (bicyclic) bond motifs is 1. The van der Waals surface area contributed by atoms with Crippen LogP contribution in [0.1, 0.15) is 44.0 Å². The Morgan fingerprint density at radius 2 is 2.35 bits per heavy atom. The molecular formula is C14H17N3O2S. The molecule has 1 aliphatic carbocycles. The average Bonchev–Trinajstić information content (AvgIpc) is 3.05. The maximum atomic E-state index is 12.8. The van der Waals surface area contributed by atoms with Crippen molar-refractivity contribution in [1.29, 1.82) is 0 Å². The SMILES string of the molecule is CCC(C)n1c2c(cc(-c3n[nH]c(=S)o3)c1=O)CCC2. The maximum absolute atomic E-state index is 12.8. The number of nitrogens with zero attached hydrogens (tertiary/aromatic N) is 2. The van der Waals surface area contributed by atoms with Crippen molar-refractivity contribution in [2.24, 2.45) is 0 Å². The van der Waals surface area contributed by atoms with Crippen LogP contribution < -0.4 is 5.56 Å². The smallest absolute Gasteiger partial charge is 0.284 e. The zero-order chi connectivity index (χ0) is 14.3. The van der Waals surface area contributed by atoms with E-state index in [-0.39, 0.29) is 22.3 Å². The fraction of sp³-hybridized carbons (Fsp3) is 0.500. The lowest BCUT2D eigenvalue weighted by atomic mass is 10.1. The molecule has 1 atom stereocenters. The summed E-state index contributed by atoms with van der Waals surface area (Å²) in [7, 11) is 0. The zero-order valence-corrected chi connectivity index (χ0v) is 12.4. The molecule has 1 unspecified atom stereocenters. The molecule has 2 aromatic heterocycles. The summed E-state index contributed by atoms with van der Waals surface area (Å²) >= 11 is 4.89. The van der Waals surface area contributed by atoms with Crippen molar-refractivity contribution in [2.75, 3.05) is 0 Å². The summed E-state index contributed by atoms with van der Waals surface area (Å²) in [6.07, 6.45) is 3.99. The van der Waals surface area contributed by atoms with Crippen molar-refractivity contribution in [3.05, 3.63) is 32.5 Å². The summed E-state index contributed by atoms with van der Waals surface area (Å²) in [5, 5.41) is 6.56. The van der Waals surface area contributed by atoms with Crippen LogP contribution in [0.3, 0.4) is 0 Å². The predicted molar refractivity (Wildman–Crippen MR) is 78.4 cm³/mol. The first kappa shape index (κ1) is 13.3. The second kappa shape index (κ2) is 5.01. The van der Waals surface area contributed by atoms with Gasteiger partial charge in [0.25, 0.3) is 16.3 Å². The molecular weight excluding hydrogens is 274 g/mol. The Morgan fingerprint density at radius 3 is 3.00 bits per heavy atom. The van der Waals surface area contributed by atoms with E-state index in [1.165, 1.54) is 11.3 Å². The Hall–Kier alpha value is -1.69. The maximum Gasteiger partial charge on any atom is 0.284 e. The summed E-state index contributed by atoms with van der Waals surface area (Å²) in [5.41, 5.74) is 2.86. The lowest BCUT2D eigenvalue weighted by Crippen LogP contribution is -2.27. The monoisotopic (exact) mass is 291 g/mol. The topological polar surface area (TPSA) is 63.8 Å². The number of H-pyrrole nitrogens is 1. The molecule has 0 spiro atoms. The third kappa shape index (κ3) is 2.04. The average molecular weight is 291 g/mol. The third-order valence-electron chi connectivity index (χ3n) is 3.99. The van der Waals surface area contributed by atoms with Gasteiger partial charge in [-0.15, -0.1) is 5.10 Å². The molecule has 20 heavy (non-hydrogen) atoms. The minimum atomic E-state index is -0.0368. The minimum Gasteiger partial charge on any atom is -0.409 e. The molecule has 2 aromatic rings. The molecule has 0 saturated heterocycles. The number of rotatable bonds is 3. The standard InChI is InChI=1S/C14H17N3O2S/c1-3-8(2)17-11-6-4-5-9(11)7-10(13(17)18)12-15-16-14(20)19-12/h7-8H,3-6H2,1-2H3,(H,16,20). The van der Waals surface area contributed by atoms with Crippen molar-refractivity contribution < 1.29 is 4.42 Å². The number of aromatic amines is 1. The first-order valence-corrected chi connectivity index (χ1v) is 7.35. The lowest BCUT2D eigenvalue weighted by Gasteiger charge is -2.19. The van der Waals surface area contributed by atoms with Gasteiger partial charge in [-0.05, 0) is 56.5 Å². The minimum absolute atomic E-state index is 0.0368. The Labute approximate surface area is 121 Å². The van der Waals surface area contributed by atoms with Gasteiger partial charge in [-0.25, -0.2) is 5.10 Å². The predicted octanol–water partition coefficient (Wildman–Crippen LogP) is 3.02. The summed E-state index contributed by atoms with van der Waals surface area (Å²) in [5.74, 6) is 0.284. The molecule has 0 aliphatic heterocycles. The highest BCUT2D eigenvalue weighted by Crippen LogP contribution is 2.27. The number of aromatic nitrogens is 3. The van der Waals surface area contributed by atoms with Gasteiger partial charge in [0.15, 0.2) is 0 Å². The van der Waals surface area contributed by atoms with E-state index in [9.17, 15) is 4.79 Å². The quantitative estimate of drug-likeness (QED) is 0.883. The molecule has 106 valence electrons. The highest BCUT2D eigenvalue weighted by atomic mass is 32.1. The molecule has 0 aromatic carbocycles.